The molecule has 0 radical (unpaired) electrons. The molecule has 2 aromatic heterocycles. The third-order valence-electron chi connectivity index (χ3n) is 6.22. The molecule has 2 atom stereocenters. The molecule has 2 aliphatic rings. The molecule has 5 heteroatoms. The lowest BCUT2D eigenvalue weighted by atomic mass is 9.98. The van der Waals surface area contributed by atoms with Gasteiger partial charge in [-0.2, -0.15) is 0 Å². The molecule has 0 bridgehead atoms. The first-order valence-corrected chi connectivity index (χ1v) is 10.9. The molecule has 1 N–H and O–H groups in total. The van der Waals surface area contributed by atoms with Crippen LogP contribution in [-0.2, 0) is 6.54 Å². The Kier molecular flexibility index (Phi) is 5.06. The van der Waals surface area contributed by atoms with Crippen LogP contribution in [0.15, 0.2) is 73.2 Å². The van der Waals surface area contributed by atoms with Crippen LogP contribution in [0.3, 0.4) is 0 Å². The molecule has 1 saturated carbocycles. The maximum Gasteiger partial charge on any atom is 0.170 e. The van der Waals surface area contributed by atoms with Gasteiger partial charge in [0.15, 0.2) is 5.11 Å². The monoisotopic (exact) mass is 402 g/mol. The van der Waals surface area contributed by atoms with Crippen molar-refractivity contribution in [1.82, 2.24) is 19.8 Å². The second-order valence-electron chi connectivity index (χ2n) is 8.07. The average molecular weight is 403 g/mol. The number of pyridine rings is 1. The molecule has 3 aromatic rings. The van der Waals surface area contributed by atoms with E-state index in [-0.39, 0.29) is 12.1 Å². The van der Waals surface area contributed by atoms with E-state index in [1.54, 1.807) is 0 Å². The summed E-state index contributed by atoms with van der Waals surface area (Å²) in [6.07, 6.45) is 11.7. The van der Waals surface area contributed by atoms with Gasteiger partial charge in [-0.25, -0.2) is 0 Å². The third kappa shape index (κ3) is 3.67. The summed E-state index contributed by atoms with van der Waals surface area (Å²) in [5.74, 6) is 0. The first kappa shape index (κ1) is 18.4. The largest absolute Gasteiger partial charge is 0.352 e. The van der Waals surface area contributed by atoms with E-state index in [4.69, 9.17) is 12.2 Å². The van der Waals surface area contributed by atoms with E-state index >= 15 is 0 Å². The lowest BCUT2D eigenvalue weighted by Crippen LogP contribution is -2.29. The number of nitrogens with zero attached hydrogens (tertiary/aromatic N) is 3. The lowest BCUT2D eigenvalue weighted by molar-refractivity contribution is 0.310. The van der Waals surface area contributed by atoms with Gasteiger partial charge in [-0.05, 0) is 54.4 Å². The van der Waals surface area contributed by atoms with E-state index in [2.05, 4.69) is 74.6 Å². The van der Waals surface area contributed by atoms with Crippen molar-refractivity contribution in [2.75, 3.05) is 0 Å². The summed E-state index contributed by atoms with van der Waals surface area (Å²) < 4.78 is 2.42. The lowest BCUT2D eigenvalue weighted by Gasteiger charge is -2.27. The molecule has 1 aliphatic carbocycles. The van der Waals surface area contributed by atoms with E-state index in [0.717, 1.165) is 17.4 Å². The van der Waals surface area contributed by atoms with E-state index in [0.29, 0.717) is 6.04 Å². The molecule has 3 heterocycles. The summed E-state index contributed by atoms with van der Waals surface area (Å²) in [5, 5.41) is 4.35. The molecule has 2 fully saturated rings. The Morgan fingerprint density at radius 1 is 1.00 bits per heavy atom. The zero-order valence-electron chi connectivity index (χ0n) is 16.4. The molecule has 5 rings (SSSR count). The molecule has 1 saturated heterocycles. The van der Waals surface area contributed by atoms with Crippen molar-refractivity contribution >= 4 is 17.3 Å². The van der Waals surface area contributed by atoms with Crippen molar-refractivity contribution in [2.24, 2.45) is 0 Å². The highest BCUT2D eigenvalue weighted by Gasteiger charge is 2.40. The first-order valence-electron chi connectivity index (χ1n) is 10.5. The van der Waals surface area contributed by atoms with Gasteiger partial charge >= 0.3 is 0 Å². The van der Waals surface area contributed by atoms with Crippen LogP contribution in [0.1, 0.15) is 60.6 Å². The standard InChI is InChI=1S/C24H26N4S/c29-24-26-22(21-12-6-7-14-25-21)23(28(24)16-18-8-2-1-3-9-18)19-13-15-27(17-19)20-10-4-5-11-20/h1-3,6-9,12-15,17,20,22-23H,4-5,10-11,16H2,(H,26,29)/t22-,23+/m1/s1. The summed E-state index contributed by atoms with van der Waals surface area (Å²) in [6.45, 7) is 0.787. The maximum atomic E-state index is 5.79. The Bertz CT molecular complexity index is 963. The fraction of sp³-hybridized carbons (Fsp3) is 0.333. The van der Waals surface area contributed by atoms with Crippen LogP contribution in [0.4, 0.5) is 0 Å². The minimum atomic E-state index is 0.0480. The molecular weight excluding hydrogens is 376 g/mol. The zero-order chi connectivity index (χ0) is 19.6. The van der Waals surface area contributed by atoms with Gasteiger partial charge in [-0.3, -0.25) is 4.98 Å². The molecule has 1 aromatic carbocycles. The summed E-state index contributed by atoms with van der Waals surface area (Å²) in [6, 6.07) is 19.7. The van der Waals surface area contributed by atoms with Crippen LogP contribution in [0.5, 0.6) is 0 Å². The van der Waals surface area contributed by atoms with Crippen LogP contribution in [0.2, 0.25) is 0 Å². The minimum absolute atomic E-state index is 0.0480. The van der Waals surface area contributed by atoms with E-state index in [9.17, 15) is 0 Å². The zero-order valence-corrected chi connectivity index (χ0v) is 17.3. The smallest absolute Gasteiger partial charge is 0.170 e. The van der Waals surface area contributed by atoms with E-state index < -0.39 is 0 Å². The number of rotatable bonds is 5. The molecule has 29 heavy (non-hydrogen) atoms. The highest BCUT2D eigenvalue weighted by Crippen LogP contribution is 2.40. The van der Waals surface area contributed by atoms with Crippen molar-refractivity contribution < 1.29 is 0 Å². The van der Waals surface area contributed by atoms with Gasteiger partial charge in [0, 0.05) is 31.2 Å². The highest BCUT2D eigenvalue weighted by molar-refractivity contribution is 7.80. The molecule has 0 spiro atoms. The first-order chi connectivity index (χ1) is 14.3. The highest BCUT2D eigenvalue weighted by atomic mass is 32.1. The van der Waals surface area contributed by atoms with Gasteiger partial charge < -0.3 is 14.8 Å². The predicted octanol–water partition coefficient (Wildman–Crippen LogP) is 5.17. The SMILES string of the molecule is S=C1N[C@H](c2ccccn2)[C@H](c2ccn(C3CCCC3)c2)N1Cc1ccccc1. The second kappa shape index (κ2) is 7.99. The van der Waals surface area contributed by atoms with Crippen molar-refractivity contribution in [3.05, 3.63) is 90.0 Å². The Morgan fingerprint density at radius 3 is 2.55 bits per heavy atom. The average Bonchev–Trinajstić information content (AvgIpc) is 3.50. The van der Waals surface area contributed by atoms with Crippen LogP contribution in [0, 0.1) is 0 Å². The Hall–Kier alpha value is -2.66. The van der Waals surface area contributed by atoms with Crippen molar-refractivity contribution in [2.45, 2.75) is 50.4 Å². The minimum Gasteiger partial charge on any atom is -0.352 e. The van der Waals surface area contributed by atoms with Gasteiger partial charge in [-0.1, -0.05) is 49.2 Å². The van der Waals surface area contributed by atoms with Gasteiger partial charge in [0.25, 0.3) is 0 Å². The maximum absolute atomic E-state index is 5.79. The fourth-order valence-corrected chi connectivity index (χ4v) is 5.06. The van der Waals surface area contributed by atoms with Gasteiger partial charge in [0.2, 0.25) is 0 Å². The van der Waals surface area contributed by atoms with Crippen molar-refractivity contribution in [3.63, 3.8) is 0 Å². The second-order valence-corrected chi connectivity index (χ2v) is 8.46. The Labute approximate surface area is 177 Å². The molecule has 0 amide bonds. The number of benzene rings is 1. The van der Waals surface area contributed by atoms with E-state index in [1.807, 2.05) is 18.3 Å². The fourth-order valence-electron chi connectivity index (χ4n) is 4.75. The van der Waals surface area contributed by atoms with Crippen LogP contribution < -0.4 is 5.32 Å². The summed E-state index contributed by atoms with van der Waals surface area (Å²) >= 11 is 5.79. The number of aromatic nitrogens is 2. The molecule has 148 valence electrons. The molecule has 0 unspecified atom stereocenters. The molecule has 1 aliphatic heterocycles. The Morgan fingerprint density at radius 2 is 1.79 bits per heavy atom. The summed E-state index contributed by atoms with van der Waals surface area (Å²) in [5.41, 5.74) is 3.60. The number of nitrogens with one attached hydrogen (secondary N) is 1. The normalized spacial score (nSPS) is 22.2. The van der Waals surface area contributed by atoms with Gasteiger partial charge in [-0.15, -0.1) is 0 Å². The predicted molar refractivity (Wildman–Crippen MR) is 119 cm³/mol. The summed E-state index contributed by atoms with van der Waals surface area (Å²) in [4.78, 5) is 6.96. The molecular formula is C24H26N4S. The quantitative estimate of drug-likeness (QED) is 0.597. The van der Waals surface area contributed by atoms with Crippen molar-refractivity contribution in [1.29, 1.82) is 0 Å². The van der Waals surface area contributed by atoms with Gasteiger partial charge in [0.05, 0.1) is 17.8 Å². The van der Waals surface area contributed by atoms with Crippen LogP contribution in [-0.4, -0.2) is 19.6 Å². The van der Waals surface area contributed by atoms with Crippen LogP contribution >= 0.6 is 12.2 Å². The summed E-state index contributed by atoms with van der Waals surface area (Å²) in [7, 11) is 0. The van der Waals surface area contributed by atoms with Gasteiger partial charge in [0.1, 0.15) is 0 Å². The van der Waals surface area contributed by atoms with Crippen LogP contribution in [0.25, 0.3) is 0 Å². The number of hydrogen-bond donors (Lipinski definition) is 1. The number of hydrogen-bond acceptors (Lipinski definition) is 2. The third-order valence-corrected chi connectivity index (χ3v) is 6.57. The molecule has 4 nitrogen and oxygen atoms in total. The van der Waals surface area contributed by atoms with E-state index in [1.165, 1.54) is 36.8 Å². The Balaban J connectivity index is 1.50. The number of thiocarbonyl (C=S) groups is 1. The topological polar surface area (TPSA) is 33.1 Å². The van der Waals surface area contributed by atoms with Crippen molar-refractivity contribution in [3.8, 4) is 0 Å².